The number of hydrogen-bond acceptors (Lipinski definition) is 4. The Morgan fingerprint density at radius 2 is 2.24 bits per heavy atom. The molecule has 1 saturated heterocycles. The van der Waals surface area contributed by atoms with Gasteiger partial charge >= 0.3 is 0 Å². The Morgan fingerprint density at radius 1 is 1.36 bits per heavy atom. The van der Waals surface area contributed by atoms with Gasteiger partial charge in [0, 0.05) is 32.9 Å². The van der Waals surface area contributed by atoms with Crippen molar-refractivity contribution in [3.8, 4) is 0 Å². The summed E-state index contributed by atoms with van der Waals surface area (Å²) in [7, 11) is 1.78. The van der Waals surface area contributed by atoms with Gasteiger partial charge in [-0.1, -0.05) is 29.8 Å². The Hall–Kier alpha value is -2.40. The number of aromatic nitrogens is 1. The topological polar surface area (TPSA) is 54.5 Å². The molecule has 1 aromatic heterocycles. The number of nitrogens with zero attached hydrogens (tertiary/aromatic N) is 2. The molecule has 1 fully saturated rings. The molecule has 25 heavy (non-hydrogen) atoms. The SMILES string of the molecule is CNc1ncccc1C(=O)N(Cc1cccc(C)c1)CC1CCCO1. The number of rotatable bonds is 6. The summed E-state index contributed by atoms with van der Waals surface area (Å²) in [5.41, 5.74) is 2.91. The van der Waals surface area contributed by atoms with E-state index in [2.05, 4.69) is 35.4 Å². The monoisotopic (exact) mass is 339 g/mol. The van der Waals surface area contributed by atoms with Gasteiger partial charge in [-0.2, -0.15) is 0 Å². The summed E-state index contributed by atoms with van der Waals surface area (Å²) >= 11 is 0. The number of ether oxygens (including phenoxy) is 1. The van der Waals surface area contributed by atoms with Crippen LogP contribution in [-0.2, 0) is 11.3 Å². The van der Waals surface area contributed by atoms with Gasteiger partial charge in [0.05, 0.1) is 11.7 Å². The van der Waals surface area contributed by atoms with E-state index in [0.29, 0.717) is 24.5 Å². The van der Waals surface area contributed by atoms with Crippen LogP contribution in [0, 0.1) is 6.92 Å². The van der Waals surface area contributed by atoms with Gasteiger partial charge in [0.1, 0.15) is 5.82 Å². The molecule has 2 aromatic rings. The summed E-state index contributed by atoms with van der Waals surface area (Å²) < 4.78 is 5.76. The second-order valence-electron chi connectivity index (χ2n) is 6.46. The highest BCUT2D eigenvalue weighted by molar-refractivity contribution is 5.98. The maximum absolute atomic E-state index is 13.2. The van der Waals surface area contributed by atoms with Gasteiger partial charge in [-0.15, -0.1) is 0 Å². The number of nitrogens with one attached hydrogen (secondary N) is 1. The second kappa shape index (κ2) is 8.12. The fourth-order valence-corrected chi connectivity index (χ4v) is 3.23. The van der Waals surface area contributed by atoms with Gasteiger partial charge in [-0.25, -0.2) is 4.98 Å². The van der Waals surface area contributed by atoms with Crippen molar-refractivity contribution in [1.29, 1.82) is 0 Å². The minimum Gasteiger partial charge on any atom is -0.376 e. The zero-order valence-corrected chi connectivity index (χ0v) is 14.9. The Kier molecular flexibility index (Phi) is 5.66. The first-order valence-corrected chi connectivity index (χ1v) is 8.76. The van der Waals surface area contributed by atoms with Crippen LogP contribution in [0.4, 0.5) is 5.82 Å². The summed E-state index contributed by atoms with van der Waals surface area (Å²) in [4.78, 5) is 19.3. The average molecular weight is 339 g/mol. The largest absolute Gasteiger partial charge is 0.376 e. The van der Waals surface area contributed by atoms with E-state index in [1.165, 1.54) is 5.56 Å². The first-order chi connectivity index (χ1) is 12.2. The zero-order valence-electron chi connectivity index (χ0n) is 14.9. The maximum Gasteiger partial charge on any atom is 0.257 e. The van der Waals surface area contributed by atoms with Crippen LogP contribution < -0.4 is 5.32 Å². The van der Waals surface area contributed by atoms with Crippen LogP contribution in [0.3, 0.4) is 0 Å². The lowest BCUT2D eigenvalue weighted by atomic mass is 10.1. The third-order valence-electron chi connectivity index (χ3n) is 4.47. The predicted octanol–water partition coefficient (Wildman–Crippen LogP) is 3.25. The van der Waals surface area contributed by atoms with Crippen molar-refractivity contribution in [1.82, 2.24) is 9.88 Å². The van der Waals surface area contributed by atoms with Gasteiger partial charge < -0.3 is 15.0 Å². The van der Waals surface area contributed by atoms with Crippen LogP contribution >= 0.6 is 0 Å². The van der Waals surface area contributed by atoms with E-state index in [4.69, 9.17) is 4.74 Å². The molecule has 1 aromatic carbocycles. The number of benzene rings is 1. The lowest BCUT2D eigenvalue weighted by Gasteiger charge is -2.26. The predicted molar refractivity (Wildman–Crippen MR) is 98.7 cm³/mol. The lowest BCUT2D eigenvalue weighted by Crippen LogP contribution is -2.37. The Balaban J connectivity index is 1.85. The highest BCUT2D eigenvalue weighted by Gasteiger charge is 2.25. The van der Waals surface area contributed by atoms with Crippen molar-refractivity contribution in [2.24, 2.45) is 0 Å². The Bertz CT molecular complexity index is 726. The van der Waals surface area contributed by atoms with Crippen LogP contribution in [0.2, 0.25) is 0 Å². The van der Waals surface area contributed by atoms with Gasteiger partial charge in [-0.3, -0.25) is 4.79 Å². The molecular formula is C20H25N3O2. The van der Waals surface area contributed by atoms with Crippen LogP contribution in [0.5, 0.6) is 0 Å². The first-order valence-electron chi connectivity index (χ1n) is 8.76. The highest BCUT2D eigenvalue weighted by Crippen LogP contribution is 2.20. The van der Waals surface area contributed by atoms with E-state index in [-0.39, 0.29) is 12.0 Å². The number of aryl methyl sites for hydroxylation is 1. The molecule has 1 unspecified atom stereocenters. The summed E-state index contributed by atoms with van der Waals surface area (Å²) in [5.74, 6) is 0.587. The number of carbonyl (C=O) groups is 1. The molecule has 5 heteroatoms. The Morgan fingerprint density at radius 3 is 2.96 bits per heavy atom. The normalized spacial score (nSPS) is 16.6. The molecule has 2 heterocycles. The van der Waals surface area contributed by atoms with Gasteiger partial charge in [-0.05, 0) is 37.5 Å². The van der Waals surface area contributed by atoms with E-state index in [9.17, 15) is 4.79 Å². The van der Waals surface area contributed by atoms with Crippen LogP contribution in [0.25, 0.3) is 0 Å². The fourth-order valence-electron chi connectivity index (χ4n) is 3.23. The molecule has 3 rings (SSSR count). The quantitative estimate of drug-likeness (QED) is 0.878. The minimum atomic E-state index is -0.0190. The molecule has 132 valence electrons. The average Bonchev–Trinajstić information content (AvgIpc) is 3.13. The van der Waals surface area contributed by atoms with Crippen LogP contribution in [0.1, 0.15) is 34.3 Å². The number of anilines is 1. The van der Waals surface area contributed by atoms with Crippen molar-refractivity contribution < 1.29 is 9.53 Å². The molecular weight excluding hydrogens is 314 g/mol. The maximum atomic E-state index is 13.2. The number of hydrogen-bond donors (Lipinski definition) is 1. The van der Waals surface area contributed by atoms with E-state index in [0.717, 1.165) is 25.0 Å². The molecule has 1 amide bonds. The van der Waals surface area contributed by atoms with Gasteiger partial charge in [0.2, 0.25) is 0 Å². The van der Waals surface area contributed by atoms with Crippen molar-refractivity contribution >= 4 is 11.7 Å². The minimum absolute atomic E-state index is 0.0190. The van der Waals surface area contributed by atoms with Crippen molar-refractivity contribution in [2.45, 2.75) is 32.4 Å². The standard InChI is InChI=1S/C20H25N3O2/c1-15-6-3-7-16(12-15)13-23(14-17-8-5-11-25-17)20(24)18-9-4-10-22-19(18)21-2/h3-4,6-7,9-10,12,17H,5,8,11,13-14H2,1-2H3,(H,21,22). The van der Waals surface area contributed by atoms with Gasteiger partial charge in [0.25, 0.3) is 5.91 Å². The number of amides is 1. The second-order valence-corrected chi connectivity index (χ2v) is 6.46. The smallest absolute Gasteiger partial charge is 0.257 e. The fraction of sp³-hybridized carbons (Fsp3) is 0.400. The van der Waals surface area contributed by atoms with Crippen LogP contribution in [0.15, 0.2) is 42.6 Å². The molecule has 1 aliphatic heterocycles. The lowest BCUT2D eigenvalue weighted by molar-refractivity contribution is 0.0507. The molecule has 0 bridgehead atoms. The summed E-state index contributed by atoms with van der Waals surface area (Å²) in [6.07, 6.45) is 3.87. The summed E-state index contributed by atoms with van der Waals surface area (Å²) in [6.45, 7) is 4.02. The molecule has 1 atom stereocenters. The van der Waals surface area contributed by atoms with E-state index < -0.39 is 0 Å². The number of pyridine rings is 1. The first kappa shape index (κ1) is 17.4. The molecule has 0 radical (unpaired) electrons. The summed E-state index contributed by atoms with van der Waals surface area (Å²) in [6, 6.07) is 11.9. The van der Waals surface area contributed by atoms with E-state index in [1.54, 1.807) is 19.3 Å². The summed E-state index contributed by atoms with van der Waals surface area (Å²) in [5, 5.41) is 3.01. The Labute approximate surface area is 149 Å². The third kappa shape index (κ3) is 4.37. The van der Waals surface area contributed by atoms with Gasteiger partial charge in [0.15, 0.2) is 0 Å². The molecule has 0 aliphatic carbocycles. The van der Waals surface area contributed by atoms with Crippen molar-refractivity contribution in [2.75, 3.05) is 25.5 Å². The van der Waals surface area contributed by atoms with Crippen molar-refractivity contribution in [3.05, 3.63) is 59.3 Å². The molecule has 0 saturated carbocycles. The third-order valence-corrected chi connectivity index (χ3v) is 4.47. The van der Waals surface area contributed by atoms with Crippen molar-refractivity contribution in [3.63, 3.8) is 0 Å². The molecule has 1 aliphatic rings. The highest BCUT2D eigenvalue weighted by atomic mass is 16.5. The van der Waals surface area contributed by atoms with E-state index in [1.807, 2.05) is 17.0 Å². The number of carbonyl (C=O) groups excluding carboxylic acids is 1. The molecule has 0 spiro atoms. The van der Waals surface area contributed by atoms with E-state index >= 15 is 0 Å². The molecule has 5 nitrogen and oxygen atoms in total. The van der Waals surface area contributed by atoms with Crippen LogP contribution in [-0.4, -0.2) is 42.1 Å². The zero-order chi connectivity index (χ0) is 17.6. The molecule has 1 N–H and O–H groups in total.